The molecule has 3 rings (SSSR count). The number of hydrogen-bond acceptors (Lipinski definition) is 5. The number of aryl methyl sites for hydroxylation is 1. The Morgan fingerprint density at radius 2 is 2.14 bits per heavy atom. The third-order valence-electron chi connectivity index (χ3n) is 3.48. The Bertz CT molecular complexity index is 741. The Hall–Kier alpha value is -2.44. The Balaban J connectivity index is 1.90. The van der Waals surface area contributed by atoms with Crippen molar-refractivity contribution in [1.29, 1.82) is 0 Å². The summed E-state index contributed by atoms with van der Waals surface area (Å²) in [6.45, 7) is 7.94. The molecule has 0 radical (unpaired) electrons. The van der Waals surface area contributed by atoms with Gasteiger partial charge in [0.25, 0.3) is 0 Å². The molecule has 21 heavy (non-hydrogen) atoms. The summed E-state index contributed by atoms with van der Waals surface area (Å²) in [6.07, 6.45) is 5.35. The highest BCUT2D eigenvalue weighted by molar-refractivity contribution is 5.66. The number of fused-ring (bicyclic) bond motifs is 1. The molecule has 0 aliphatic carbocycles. The first-order chi connectivity index (χ1) is 10.2. The van der Waals surface area contributed by atoms with E-state index in [1.807, 2.05) is 18.6 Å². The van der Waals surface area contributed by atoms with Crippen LogP contribution in [0.25, 0.3) is 5.65 Å². The quantitative estimate of drug-likeness (QED) is 0.777. The second-order valence-corrected chi connectivity index (χ2v) is 5.26. The number of rotatable bonds is 5. The zero-order valence-corrected chi connectivity index (χ0v) is 12.5. The summed E-state index contributed by atoms with van der Waals surface area (Å²) in [5, 5.41) is 16.0. The van der Waals surface area contributed by atoms with Crippen LogP contribution in [0.5, 0.6) is 0 Å². The zero-order chi connectivity index (χ0) is 14.8. The lowest BCUT2D eigenvalue weighted by Crippen LogP contribution is -2.09. The summed E-state index contributed by atoms with van der Waals surface area (Å²) >= 11 is 0. The van der Waals surface area contributed by atoms with E-state index in [1.54, 1.807) is 10.8 Å². The smallest absolute Gasteiger partial charge is 0.200 e. The number of aromatic nitrogens is 6. The van der Waals surface area contributed by atoms with Gasteiger partial charge in [0.2, 0.25) is 5.65 Å². The van der Waals surface area contributed by atoms with E-state index in [2.05, 4.69) is 50.9 Å². The van der Waals surface area contributed by atoms with Gasteiger partial charge >= 0.3 is 0 Å². The van der Waals surface area contributed by atoms with Crippen LogP contribution in [0.2, 0.25) is 0 Å². The average molecular weight is 285 g/mol. The fourth-order valence-electron chi connectivity index (χ4n) is 2.22. The van der Waals surface area contributed by atoms with Crippen LogP contribution >= 0.6 is 0 Å². The normalized spacial score (nSPS) is 11.4. The van der Waals surface area contributed by atoms with Crippen LogP contribution in [-0.2, 0) is 13.1 Å². The molecule has 7 heteroatoms. The maximum atomic E-state index is 4.51. The summed E-state index contributed by atoms with van der Waals surface area (Å²) in [5.74, 6) is 0.346. The van der Waals surface area contributed by atoms with Crippen LogP contribution in [0.3, 0.4) is 0 Å². The van der Waals surface area contributed by atoms with Crippen molar-refractivity contribution in [2.75, 3.05) is 5.32 Å². The molecular weight excluding hydrogens is 266 g/mol. The molecule has 0 amide bonds. The first kappa shape index (κ1) is 13.5. The van der Waals surface area contributed by atoms with Gasteiger partial charge in [-0.2, -0.15) is 9.61 Å². The minimum absolute atomic E-state index is 0.346. The van der Waals surface area contributed by atoms with Gasteiger partial charge in [-0.1, -0.05) is 13.8 Å². The molecule has 0 aliphatic rings. The average Bonchev–Trinajstić information content (AvgIpc) is 3.12. The van der Waals surface area contributed by atoms with Gasteiger partial charge in [-0.25, -0.2) is 4.98 Å². The van der Waals surface area contributed by atoms with Crippen molar-refractivity contribution in [1.82, 2.24) is 29.4 Å². The van der Waals surface area contributed by atoms with Crippen molar-refractivity contribution in [2.24, 2.45) is 0 Å². The highest BCUT2D eigenvalue weighted by Gasteiger charge is 2.11. The van der Waals surface area contributed by atoms with Gasteiger partial charge in [0.05, 0.1) is 29.9 Å². The van der Waals surface area contributed by atoms with Crippen molar-refractivity contribution in [3.05, 3.63) is 36.3 Å². The van der Waals surface area contributed by atoms with Crippen LogP contribution < -0.4 is 5.32 Å². The summed E-state index contributed by atoms with van der Waals surface area (Å²) in [5.41, 5.74) is 3.82. The van der Waals surface area contributed by atoms with Crippen molar-refractivity contribution in [2.45, 2.75) is 39.8 Å². The van der Waals surface area contributed by atoms with E-state index in [9.17, 15) is 0 Å². The topological polar surface area (TPSA) is 72.9 Å². The van der Waals surface area contributed by atoms with Crippen LogP contribution in [0, 0.1) is 0 Å². The van der Waals surface area contributed by atoms with Crippen molar-refractivity contribution >= 4 is 11.3 Å². The van der Waals surface area contributed by atoms with Crippen LogP contribution in [-0.4, -0.2) is 29.4 Å². The summed E-state index contributed by atoms with van der Waals surface area (Å²) < 4.78 is 3.83. The van der Waals surface area contributed by atoms with E-state index in [0.29, 0.717) is 12.5 Å². The van der Waals surface area contributed by atoms with Crippen LogP contribution in [0.15, 0.2) is 24.9 Å². The summed E-state index contributed by atoms with van der Waals surface area (Å²) in [4.78, 5) is 4.18. The lowest BCUT2D eigenvalue weighted by molar-refractivity contribution is 0.719. The van der Waals surface area contributed by atoms with Crippen molar-refractivity contribution < 1.29 is 0 Å². The highest BCUT2D eigenvalue weighted by atomic mass is 15.3. The lowest BCUT2D eigenvalue weighted by atomic mass is 10.1. The molecule has 0 unspecified atom stereocenters. The number of hydrogen-bond donors (Lipinski definition) is 1. The Kier molecular flexibility index (Phi) is 3.55. The van der Waals surface area contributed by atoms with Gasteiger partial charge in [-0.15, -0.1) is 10.2 Å². The number of anilines is 1. The molecule has 110 valence electrons. The maximum Gasteiger partial charge on any atom is 0.200 e. The molecule has 0 fully saturated rings. The molecule has 0 saturated carbocycles. The highest BCUT2D eigenvalue weighted by Crippen LogP contribution is 2.20. The first-order valence-corrected chi connectivity index (χ1v) is 7.13. The molecule has 0 aromatic carbocycles. The predicted octanol–water partition coefficient (Wildman–Crippen LogP) is 2.08. The molecule has 0 atom stereocenters. The van der Waals surface area contributed by atoms with Gasteiger partial charge in [0.1, 0.15) is 6.33 Å². The fraction of sp³-hybridized carbons (Fsp3) is 0.429. The Labute approximate surface area is 123 Å². The van der Waals surface area contributed by atoms with E-state index in [4.69, 9.17) is 0 Å². The third-order valence-corrected chi connectivity index (χ3v) is 3.48. The zero-order valence-electron chi connectivity index (χ0n) is 12.5. The van der Waals surface area contributed by atoms with E-state index in [1.165, 1.54) is 0 Å². The maximum absolute atomic E-state index is 4.51. The van der Waals surface area contributed by atoms with Crippen LogP contribution in [0.4, 0.5) is 5.69 Å². The molecule has 3 aromatic heterocycles. The van der Waals surface area contributed by atoms with Crippen LogP contribution in [0.1, 0.15) is 38.1 Å². The number of imidazole rings is 1. The number of nitrogens with zero attached hydrogens (tertiary/aromatic N) is 6. The van der Waals surface area contributed by atoms with Gasteiger partial charge in [0, 0.05) is 12.7 Å². The second kappa shape index (κ2) is 5.51. The molecule has 0 spiro atoms. The third kappa shape index (κ3) is 2.58. The molecule has 3 aromatic rings. The van der Waals surface area contributed by atoms with Gasteiger partial charge < -0.3 is 9.88 Å². The van der Waals surface area contributed by atoms with E-state index in [0.717, 1.165) is 29.3 Å². The molecular formula is C14H19N7. The van der Waals surface area contributed by atoms with E-state index >= 15 is 0 Å². The Morgan fingerprint density at radius 3 is 2.90 bits per heavy atom. The second-order valence-electron chi connectivity index (χ2n) is 5.26. The molecule has 0 bridgehead atoms. The minimum Gasteiger partial charge on any atom is -0.376 e. The van der Waals surface area contributed by atoms with Crippen molar-refractivity contribution in [3.8, 4) is 0 Å². The van der Waals surface area contributed by atoms with Gasteiger partial charge in [0.15, 0.2) is 0 Å². The standard InChI is InChI=1S/C14H19N7/c1-4-20-8-15-6-11(20)7-16-13-5-12(10(2)3)19-21-9-17-18-14(13)21/h5-6,8-10,16H,4,7H2,1-3H3. The predicted molar refractivity (Wildman–Crippen MR) is 80.1 cm³/mol. The monoisotopic (exact) mass is 285 g/mol. The minimum atomic E-state index is 0.346. The SMILES string of the molecule is CCn1cncc1CNc1cc(C(C)C)nn2cnnc12. The first-order valence-electron chi connectivity index (χ1n) is 7.13. The lowest BCUT2D eigenvalue weighted by Gasteiger charge is -2.11. The van der Waals surface area contributed by atoms with Gasteiger partial charge in [-0.05, 0) is 18.9 Å². The molecule has 1 N–H and O–H groups in total. The van der Waals surface area contributed by atoms with E-state index in [-0.39, 0.29) is 0 Å². The number of nitrogens with one attached hydrogen (secondary N) is 1. The fourth-order valence-corrected chi connectivity index (χ4v) is 2.22. The molecule has 3 heterocycles. The van der Waals surface area contributed by atoms with Gasteiger partial charge in [-0.3, -0.25) is 0 Å². The van der Waals surface area contributed by atoms with E-state index < -0.39 is 0 Å². The molecule has 0 aliphatic heterocycles. The summed E-state index contributed by atoms with van der Waals surface area (Å²) in [6, 6.07) is 2.04. The molecule has 0 saturated heterocycles. The largest absolute Gasteiger partial charge is 0.376 e. The molecule has 7 nitrogen and oxygen atoms in total. The van der Waals surface area contributed by atoms with Crippen molar-refractivity contribution in [3.63, 3.8) is 0 Å². The Morgan fingerprint density at radius 1 is 1.29 bits per heavy atom. The summed E-state index contributed by atoms with van der Waals surface area (Å²) in [7, 11) is 0.